The van der Waals surface area contributed by atoms with Gasteiger partial charge < -0.3 is 0 Å². The third kappa shape index (κ3) is 5.89. The molecule has 0 aliphatic heterocycles. The first-order valence-corrected chi connectivity index (χ1v) is 4.88. The maximum Gasteiger partial charge on any atom is 0.227 e. The van der Waals surface area contributed by atoms with Crippen LogP contribution in [0.3, 0.4) is 0 Å². The summed E-state index contributed by atoms with van der Waals surface area (Å²) in [5.41, 5.74) is 0.758. The zero-order chi connectivity index (χ0) is 10.5. The van der Waals surface area contributed by atoms with E-state index in [2.05, 4.69) is 0 Å². The molecule has 0 amide bonds. The first-order valence-electron chi connectivity index (χ1n) is 4.88. The average Bonchev–Trinajstić information content (AvgIpc) is 2.31. The molecular weight excluding hydrogens is 426 g/mol. The summed E-state index contributed by atoms with van der Waals surface area (Å²) in [4.78, 5) is 11.8. The molecule has 98 valence electrons. The first-order chi connectivity index (χ1) is 7.36. The number of aromatic nitrogens is 1. The Morgan fingerprint density at radius 1 is 0.833 bits per heavy atom. The van der Waals surface area contributed by atoms with Crippen LogP contribution < -0.4 is 4.57 Å². The second-order valence-electron chi connectivity index (χ2n) is 3.34. The number of carbonyl (C=O) groups is 1. The summed E-state index contributed by atoms with van der Waals surface area (Å²) >= 11 is 0. The SMILES string of the molecule is Br.Br.Br.O=C(C[n+]1ccccc1)c1ccccc1. The van der Waals surface area contributed by atoms with Crippen LogP contribution in [0.25, 0.3) is 0 Å². The van der Waals surface area contributed by atoms with Gasteiger partial charge in [0, 0.05) is 17.7 Å². The van der Waals surface area contributed by atoms with E-state index >= 15 is 0 Å². The van der Waals surface area contributed by atoms with Crippen LogP contribution in [-0.2, 0) is 6.54 Å². The van der Waals surface area contributed by atoms with Crippen molar-refractivity contribution in [2.75, 3.05) is 0 Å². The number of benzene rings is 1. The van der Waals surface area contributed by atoms with Crippen LogP contribution in [0.4, 0.5) is 0 Å². The van der Waals surface area contributed by atoms with Crippen LogP contribution >= 0.6 is 50.9 Å². The largest absolute Gasteiger partial charge is 0.287 e. The molecule has 0 bridgehead atoms. The van der Waals surface area contributed by atoms with Crippen molar-refractivity contribution in [1.82, 2.24) is 0 Å². The molecule has 2 aromatic rings. The average molecular weight is 441 g/mol. The van der Waals surface area contributed by atoms with Gasteiger partial charge in [0.15, 0.2) is 12.4 Å². The Bertz CT molecular complexity index is 448. The van der Waals surface area contributed by atoms with Gasteiger partial charge in [-0.1, -0.05) is 36.4 Å². The number of halogens is 3. The van der Waals surface area contributed by atoms with E-state index in [1.807, 2.05) is 65.5 Å². The molecule has 0 saturated heterocycles. The molecule has 0 atom stereocenters. The zero-order valence-electron chi connectivity index (χ0n) is 9.56. The van der Waals surface area contributed by atoms with Gasteiger partial charge in [-0.25, -0.2) is 0 Å². The molecule has 0 saturated carbocycles. The third-order valence-corrected chi connectivity index (χ3v) is 2.20. The molecule has 0 N–H and O–H groups in total. The van der Waals surface area contributed by atoms with Crippen LogP contribution in [0.15, 0.2) is 60.9 Å². The monoisotopic (exact) mass is 438 g/mol. The van der Waals surface area contributed by atoms with E-state index in [0.29, 0.717) is 6.54 Å². The molecule has 1 heterocycles. The van der Waals surface area contributed by atoms with Crippen molar-refractivity contribution in [3.05, 3.63) is 66.5 Å². The highest BCUT2D eigenvalue weighted by atomic mass is 79.9. The number of hydrogen-bond donors (Lipinski definition) is 0. The van der Waals surface area contributed by atoms with Gasteiger partial charge in [0.05, 0.1) is 0 Å². The number of pyridine rings is 1. The minimum Gasteiger partial charge on any atom is -0.287 e. The Balaban J connectivity index is 0. The van der Waals surface area contributed by atoms with E-state index in [4.69, 9.17) is 0 Å². The Labute approximate surface area is 138 Å². The Morgan fingerprint density at radius 2 is 1.33 bits per heavy atom. The molecule has 0 aliphatic rings. The highest BCUT2D eigenvalue weighted by molar-refractivity contribution is 8.93. The van der Waals surface area contributed by atoms with Crippen molar-refractivity contribution in [1.29, 1.82) is 0 Å². The van der Waals surface area contributed by atoms with E-state index in [1.54, 1.807) is 0 Å². The summed E-state index contributed by atoms with van der Waals surface area (Å²) < 4.78 is 1.87. The van der Waals surface area contributed by atoms with E-state index in [9.17, 15) is 4.79 Å². The molecule has 5 heteroatoms. The molecule has 1 aromatic heterocycles. The number of Topliss-reactive ketones (excluding diaryl/α,β-unsaturated/α-hetero) is 1. The van der Waals surface area contributed by atoms with Crippen molar-refractivity contribution < 1.29 is 9.36 Å². The molecule has 0 unspecified atom stereocenters. The van der Waals surface area contributed by atoms with Crippen molar-refractivity contribution in [3.8, 4) is 0 Å². The summed E-state index contributed by atoms with van der Waals surface area (Å²) in [6.45, 7) is 0.394. The van der Waals surface area contributed by atoms with Gasteiger partial charge in [-0.3, -0.25) is 4.79 Å². The van der Waals surface area contributed by atoms with Gasteiger partial charge in [-0.2, -0.15) is 4.57 Å². The lowest BCUT2D eigenvalue weighted by atomic mass is 10.1. The maximum absolute atomic E-state index is 11.8. The fraction of sp³-hybridized carbons (Fsp3) is 0.0769. The fourth-order valence-corrected chi connectivity index (χ4v) is 1.42. The van der Waals surface area contributed by atoms with E-state index in [0.717, 1.165) is 5.56 Å². The van der Waals surface area contributed by atoms with Gasteiger partial charge in [0.1, 0.15) is 0 Å². The topological polar surface area (TPSA) is 20.9 Å². The maximum atomic E-state index is 11.8. The van der Waals surface area contributed by atoms with Crippen LogP contribution in [-0.4, -0.2) is 5.78 Å². The third-order valence-electron chi connectivity index (χ3n) is 2.20. The molecule has 0 radical (unpaired) electrons. The smallest absolute Gasteiger partial charge is 0.227 e. The Kier molecular flexibility index (Phi) is 11.5. The fourth-order valence-electron chi connectivity index (χ4n) is 1.42. The summed E-state index contributed by atoms with van der Waals surface area (Å²) in [6, 6.07) is 15.1. The van der Waals surface area contributed by atoms with Crippen LogP contribution in [0.2, 0.25) is 0 Å². The lowest BCUT2D eigenvalue weighted by Gasteiger charge is -1.96. The summed E-state index contributed by atoms with van der Waals surface area (Å²) in [5.74, 6) is 0.131. The Morgan fingerprint density at radius 3 is 1.89 bits per heavy atom. The van der Waals surface area contributed by atoms with E-state index in [1.165, 1.54) is 0 Å². The summed E-state index contributed by atoms with van der Waals surface area (Å²) in [7, 11) is 0. The molecule has 0 fully saturated rings. The predicted molar refractivity (Wildman–Crippen MR) is 88.4 cm³/mol. The normalized spacial score (nSPS) is 8.22. The minimum absolute atomic E-state index is 0. The number of carbonyl (C=O) groups excluding carboxylic acids is 1. The number of rotatable bonds is 3. The number of ketones is 1. The number of hydrogen-bond acceptors (Lipinski definition) is 1. The van der Waals surface area contributed by atoms with Crippen molar-refractivity contribution in [2.24, 2.45) is 0 Å². The van der Waals surface area contributed by atoms with Crippen LogP contribution in [0.1, 0.15) is 10.4 Å². The Hall–Kier alpha value is -0.520. The predicted octanol–water partition coefficient (Wildman–Crippen LogP) is 3.59. The summed E-state index contributed by atoms with van der Waals surface area (Å²) in [5, 5.41) is 0. The second-order valence-corrected chi connectivity index (χ2v) is 3.34. The molecule has 0 spiro atoms. The van der Waals surface area contributed by atoms with E-state index < -0.39 is 0 Å². The lowest BCUT2D eigenvalue weighted by molar-refractivity contribution is -0.683. The molecule has 2 nitrogen and oxygen atoms in total. The zero-order valence-corrected chi connectivity index (χ0v) is 14.7. The van der Waals surface area contributed by atoms with Crippen LogP contribution in [0.5, 0.6) is 0 Å². The summed E-state index contributed by atoms with van der Waals surface area (Å²) in [6.07, 6.45) is 3.78. The van der Waals surface area contributed by atoms with Gasteiger partial charge in [0.2, 0.25) is 12.3 Å². The lowest BCUT2D eigenvalue weighted by Crippen LogP contribution is -2.36. The highest BCUT2D eigenvalue weighted by Gasteiger charge is 2.10. The van der Waals surface area contributed by atoms with Crippen LogP contribution in [0, 0.1) is 0 Å². The molecular formula is C13H15Br3NO+. The van der Waals surface area contributed by atoms with Crippen molar-refractivity contribution in [3.63, 3.8) is 0 Å². The molecule has 0 aliphatic carbocycles. The van der Waals surface area contributed by atoms with Crippen molar-refractivity contribution in [2.45, 2.75) is 6.54 Å². The molecule has 2 rings (SSSR count). The van der Waals surface area contributed by atoms with Gasteiger partial charge in [-0.05, 0) is 0 Å². The number of nitrogens with zero attached hydrogens (tertiary/aromatic N) is 1. The van der Waals surface area contributed by atoms with Crippen molar-refractivity contribution >= 4 is 56.7 Å². The van der Waals surface area contributed by atoms with Gasteiger partial charge in [0.25, 0.3) is 0 Å². The quantitative estimate of drug-likeness (QED) is 0.527. The van der Waals surface area contributed by atoms with Gasteiger partial charge in [-0.15, -0.1) is 50.9 Å². The minimum atomic E-state index is 0. The molecule has 1 aromatic carbocycles. The molecule has 18 heavy (non-hydrogen) atoms. The standard InChI is InChI=1S/C13H12NO.3BrH/c15-13(12-7-3-1-4-8-12)11-14-9-5-2-6-10-14;;;/h1-10H,11H2;3*1H/q+1;;;. The highest BCUT2D eigenvalue weighted by Crippen LogP contribution is 1.99. The first kappa shape index (κ1) is 19.8. The second kappa shape index (κ2) is 10.4. The van der Waals surface area contributed by atoms with E-state index in [-0.39, 0.29) is 56.7 Å². The van der Waals surface area contributed by atoms with Gasteiger partial charge >= 0.3 is 0 Å².